The van der Waals surface area contributed by atoms with Gasteiger partial charge in [-0.25, -0.2) is 0 Å². The van der Waals surface area contributed by atoms with Crippen LogP contribution >= 0.6 is 23.2 Å². The number of hydrogen-bond donors (Lipinski definition) is 0. The molecule has 0 aliphatic rings. The Balaban J connectivity index is -0.000000145. The average molecular weight is 434 g/mol. The summed E-state index contributed by atoms with van der Waals surface area (Å²) in [6, 6.07) is 0. The van der Waals surface area contributed by atoms with Gasteiger partial charge in [-0.05, 0) is 81.6 Å². The van der Waals surface area contributed by atoms with Crippen molar-refractivity contribution in [1.29, 1.82) is 0 Å². The molecular weight excluding hydrogens is 383 g/mol. The van der Waals surface area contributed by atoms with Crippen molar-refractivity contribution in [2.75, 3.05) is 31.6 Å². The van der Waals surface area contributed by atoms with Gasteiger partial charge in [-0.2, -0.15) is 0 Å². The van der Waals surface area contributed by atoms with E-state index in [4.69, 9.17) is 37.4 Å². The fourth-order valence-electron chi connectivity index (χ4n) is 1.27. The molecule has 0 N–H and O–H groups in total. The van der Waals surface area contributed by atoms with E-state index in [0.29, 0.717) is 11.8 Å². The molecule has 0 amide bonds. The Morgan fingerprint density at radius 1 is 0.556 bits per heavy atom. The zero-order valence-corrected chi connectivity index (χ0v) is 20.6. The lowest BCUT2D eigenvalue weighted by Crippen LogP contribution is -2.19. The number of alkyl halides is 2. The minimum atomic E-state index is -0.00788. The van der Waals surface area contributed by atoms with Crippen molar-refractivity contribution in [3.8, 4) is 0 Å². The Morgan fingerprint density at radius 2 is 0.815 bits per heavy atom. The summed E-state index contributed by atoms with van der Waals surface area (Å²) >= 11 is 10.9. The lowest BCUT2D eigenvalue weighted by Gasteiger charge is -2.18. The summed E-state index contributed by atoms with van der Waals surface area (Å²) in [5.41, 5.74) is 0.0358. The van der Waals surface area contributed by atoms with Crippen LogP contribution < -0.4 is 0 Å². The first-order chi connectivity index (χ1) is 11.7. The lowest BCUT2D eigenvalue weighted by molar-refractivity contribution is -0.00264. The quantitative estimate of drug-likeness (QED) is 0.290. The van der Waals surface area contributed by atoms with Gasteiger partial charge in [0.15, 0.2) is 0 Å². The molecule has 27 heavy (non-hydrogen) atoms. The van der Waals surface area contributed by atoms with E-state index in [1.807, 2.05) is 41.5 Å². The van der Waals surface area contributed by atoms with Crippen molar-refractivity contribution in [2.24, 2.45) is 0 Å². The molecule has 0 aliphatic carbocycles. The summed E-state index contributed by atoms with van der Waals surface area (Å²) in [4.78, 5) is 0. The summed E-state index contributed by atoms with van der Waals surface area (Å²) in [7, 11) is 0. The minimum Gasteiger partial charge on any atom is -0.376 e. The molecular formula is C22H50Cl2O3. The van der Waals surface area contributed by atoms with Crippen LogP contribution in [0.4, 0.5) is 0 Å². The normalized spacial score (nSPS) is 11.6. The Hall–Kier alpha value is 0.460. The van der Waals surface area contributed by atoms with Crippen LogP contribution in [0.1, 0.15) is 95.9 Å². The summed E-state index contributed by atoms with van der Waals surface area (Å²) in [6.45, 7) is 23.0. The van der Waals surface area contributed by atoms with Crippen molar-refractivity contribution in [1.82, 2.24) is 0 Å². The SMILES string of the molecule is C.CC(C)(C)OCCCCl.CC(C)(C)OCCCCl.CCCOC(C)(C)C. The number of halogens is 2. The first-order valence-electron chi connectivity index (χ1n) is 9.72. The Kier molecular flexibility index (Phi) is 25.6. The highest BCUT2D eigenvalue weighted by molar-refractivity contribution is 6.18. The van der Waals surface area contributed by atoms with Crippen LogP contribution in [0, 0.1) is 0 Å². The van der Waals surface area contributed by atoms with E-state index < -0.39 is 0 Å². The molecule has 0 heterocycles. The molecule has 5 heteroatoms. The van der Waals surface area contributed by atoms with E-state index in [-0.39, 0.29) is 24.2 Å². The molecule has 0 bridgehead atoms. The molecule has 0 aliphatic heterocycles. The van der Waals surface area contributed by atoms with E-state index >= 15 is 0 Å². The minimum absolute atomic E-state index is 0. The third-order valence-electron chi connectivity index (χ3n) is 2.37. The smallest absolute Gasteiger partial charge is 0.0598 e. The molecule has 0 saturated carbocycles. The second kappa shape index (κ2) is 19.8. The maximum Gasteiger partial charge on any atom is 0.0598 e. The van der Waals surface area contributed by atoms with E-state index in [0.717, 1.165) is 39.1 Å². The van der Waals surface area contributed by atoms with Gasteiger partial charge in [-0.3, -0.25) is 0 Å². The highest BCUT2D eigenvalue weighted by Gasteiger charge is 2.09. The highest BCUT2D eigenvalue weighted by Crippen LogP contribution is 2.07. The molecule has 0 unspecified atom stereocenters. The molecule has 0 aromatic heterocycles. The third kappa shape index (κ3) is 51.9. The Morgan fingerprint density at radius 3 is 0.963 bits per heavy atom. The first kappa shape index (κ1) is 34.9. The van der Waals surface area contributed by atoms with Gasteiger partial charge in [0.25, 0.3) is 0 Å². The fraction of sp³-hybridized carbons (Fsp3) is 1.00. The van der Waals surface area contributed by atoms with Crippen molar-refractivity contribution < 1.29 is 14.2 Å². The molecule has 0 fully saturated rings. The largest absolute Gasteiger partial charge is 0.376 e. The standard InChI is InChI=1S/2C7H15ClO.C7H16O.CH4/c2*1-7(2,3)9-6-4-5-8;1-5-6-8-7(2,3)4;/h2*4-6H2,1-3H3;5-6H2,1-4H3;1H4. The van der Waals surface area contributed by atoms with Gasteiger partial charge in [0.2, 0.25) is 0 Å². The number of rotatable bonds is 8. The maximum absolute atomic E-state index is 5.45. The van der Waals surface area contributed by atoms with Crippen molar-refractivity contribution >= 4 is 23.2 Å². The highest BCUT2D eigenvalue weighted by atomic mass is 35.5. The van der Waals surface area contributed by atoms with E-state index in [9.17, 15) is 0 Å². The van der Waals surface area contributed by atoms with Crippen LogP contribution in [0.3, 0.4) is 0 Å². The van der Waals surface area contributed by atoms with Crippen molar-refractivity contribution in [3.63, 3.8) is 0 Å². The second-order valence-electron chi connectivity index (χ2n) is 8.97. The number of ether oxygens (including phenoxy) is 3. The summed E-state index contributed by atoms with van der Waals surface area (Å²) in [6.07, 6.45) is 2.99. The van der Waals surface area contributed by atoms with Gasteiger partial charge in [0, 0.05) is 31.6 Å². The molecule has 0 atom stereocenters. The second-order valence-corrected chi connectivity index (χ2v) is 9.72. The topological polar surface area (TPSA) is 27.7 Å². The van der Waals surface area contributed by atoms with Crippen LogP contribution in [0.5, 0.6) is 0 Å². The molecule has 0 saturated heterocycles. The Labute approximate surface area is 181 Å². The molecule has 0 radical (unpaired) electrons. The molecule has 170 valence electrons. The zero-order chi connectivity index (χ0) is 21.3. The molecule has 3 nitrogen and oxygen atoms in total. The van der Waals surface area contributed by atoms with E-state index in [2.05, 4.69) is 27.7 Å². The van der Waals surface area contributed by atoms with Gasteiger partial charge in [-0.15, -0.1) is 23.2 Å². The van der Waals surface area contributed by atoms with Gasteiger partial charge in [0.05, 0.1) is 16.8 Å². The average Bonchev–Trinajstić information content (AvgIpc) is 2.44. The van der Waals surface area contributed by atoms with Crippen molar-refractivity contribution in [3.05, 3.63) is 0 Å². The van der Waals surface area contributed by atoms with Crippen LogP contribution in [0.2, 0.25) is 0 Å². The maximum atomic E-state index is 5.45. The van der Waals surface area contributed by atoms with E-state index in [1.54, 1.807) is 0 Å². The lowest BCUT2D eigenvalue weighted by atomic mass is 10.2. The summed E-state index contributed by atoms with van der Waals surface area (Å²) in [5, 5.41) is 0. The predicted octanol–water partition coefficient (Wildman–Crippen LogP) is 7.71. The summed E-state index contributed by atoms with van der Waals surface area (Å²) < 4.78 is 16.1. The van der Waals surface area contributed by atoms with Gasteiger partial charge >= 0.3 is 0 Å². The van der Waals surface area contributed by atoms with Crippen LogP contribution in [-0.2, 0) is 14.2 Å². The molecule has 0 rings (SSSR count). The predicted molar refractivity (Wildman–Crippen MR) is 125 cm³/mol. The van der Waals surface area contributed by atoms with Gasteiger partial charge < -0.3 is 14.2 Å². The zero-order valence-electron chi connectivity index (χ0n) is 19.1. The van der Waals surface area contributed by atoms with Crippen LogP contribution in [-0.4, -0.2) is 48.4 Å². The van der Waals surface area contributed by atoms with Crippen molar-refractivity contribution in [2.45, 2.75) is 113 Å². The van der Waals surface area contributed by atoms with Crippen LogP contribution in [0.25, 0.3) is 0 Å². The Bertz CT molecular complexity index is 257. The molecule has 0 spiro atoms. The summed E-state index contributed by atoms with van der Waals surface area (Å²) in [5.74, 6) is 1.38. The first-order valence-corrected chi connectivity index (χ1v) is 10.8. The van der Waals surface area contributed by atoms with Crippen LogP contribution in [0.15, 0.2) is 0 Å². The third-order valence-corrected chi connectivity index (χ3v) is 2.90. The fourth-order valence-corrected chi connectivity index (χ4v) is 1.49. The molecule has 0 aromatic carbocycles. The van der Waals surface area contributed by atoms with E-state index in [1.165, 1.54) is 0 Å². The number of hydrogen-bond acceptors (Lipinski definition) is 3. The monoisotopic (exact) mass is 432 g/mol. The molecule has 0 aromatic rings. The van der Waals surface area contributed by atoms with Gasteiger partial charge in [0.1, 0.15) is 0 Å². The van der Waals surface area contributed by atoms with Gasteiger partial charge in [-0.1, -0.05) is 14.4 Å².